The Kier molecular flexibility index (Phi) is 6.17. The summed E-state index contributed by atoms with van der Waals surface area (Å²) >= 11 is 0. The number of hydrogen-bond donors (Lipinski definition) is 0. The molecule has 0 aliphatic carbocycles. The van der Waals surface area contributed by atoms with Gasteiger partial charge >= 0.3 is 0 Å². The molecule has 2 heterocycles. The molecule has 3 rings (SSSR count). The van der Waals surface area contributed by atoms with Crippen LogP contribution in [0.2, 0.25) is 0 Å². The molecule has 2 aliphatic rings. The molecule has 0 N–H and O–H groups in total. The molecule has 2 aliphatic heterocycles. The normalized spacial score (nSPS) is 18.7. The molecule has 142 valence electrons. The van der Waals surface area contributed by atoms with E-state index in [0.29, 0.717) is 5.92 Å². The molecule has 5 heteroatoms. The zero-order valence-electron chi connectivity index (χ0n) is 16.1. The Morgan fingerprint density at radius 2 is 1.62 bits per heavy atom. The van der Waals surface area contributed by atoms with Gasteiger partial charge in [-0.2, -0.15) is 0 Å². The average Bonchev–Trinajstić information content (AvgIpc) is 2.67. The van der Waals surface area contributed by atoms with Gasteiger partial charge in [-0.05, 0) is 62.3 Å². The van der Waals surface area contributed by atoms with Crippen molar-refractivity contribution in [2.24, 2.45) is 5.92 Å². The third-order valence-electron chi connectivity index (χ3n) is 5.69. The van der Waals surface area contributed by atoms with Crippen molar-refractivity contribution in [2.45, 2.75) is 46.0 Å². The van der Waals surface area contributed by atoms with Crippen LogP contribution < -0.4 is 9.80 Å². The van der Waals surface area contributed by atoms with E-state index in [1.54, 1.807) is 4.90 Å². The molecular formula is C21H31N3O2. The Morgan fingerprint density at radius 3 is 2.19 bits per heavy atom. The standard InChI is InChI=1S/C21H31N3O2/c1-17-10-14-23(15-11-17)21(26)16-24(18(2)25)20-8-6-19(7-9-20)22-12-4-3-5-13-22/h6-9,17H,3-5,10-16H2,1-2H3. The SMILES string of the molecule is CC(=O)N(CC(=O)N1CCC(C)CC1)c1ccc(N2CCCCC2)cc1. The molecule has 26 heavy (non-hydrogen) atoms. The topological polar surface area (TPSA) is 43.9 Å². The summed E-state index contributed by atoms with van der Waals surface area (Å²) in [5.74, 6) is 0.645. The first kappa shape index (κ1) is 18.7. The minimum atomic E-state index is -0.0885. The predicted molar refractivity (Wildman–Crippen MR) is 106 cm³/mol. The van der Waals surface area contributed by atoms with Crippen LogP contribution in [0, 0.1) is 5.92 Å². The highest BCUT2D eigenvalue weighted by Gasteiger charge is 2.24. The second-order valence-corrected chi connectivity index (χ2v) is 7.73. The molecule has 2 fully saturated rings. The van der Waals surface area contributed by atoms with Crippen LogP contribution in [0.1, 0.15) is 46.0 Å². The van der Waals surface area contributed by atoms with Crippen LogP contribution in [0.15, 0.2) is 24.3 Å². The van der Waals surface area contributed by atoms with Crippen molar-refractivity contribution in [1.29, 1.82) is 0 Å². The summed E-state index contributed by atoms with van der Waals surface area (Å²) in [5.41, 5.74) is 2.00. The van der Waals surface area contributed by atoms with Gasteiger partial charge in [-0.25, -0.2) is 0 Å². The average molecular weight is 357 g/mol. The van der Waals surface area contributed by atoms with Crippen LogP contribution in [0.4, 0.5) is 11.4 Å². The van der Waals surface area contributed by atoms with Crippen LogP contribution in [0.5, 0.6) is 0 Å². The Bertz CT molecular complexity index is 615. The molecule has 1 aromatic carbocycles. The predicted octanol–water partition coefficient (Wildman–Crippen LogP) is 3.29. The van der Waals surface area contributed by atoms with Crippen LogP contribution in [0.25, 0.3) is 0 Å². The highest BCUT2D eigenvalue weighted by Crippen LogP contribution is 2.24. The number of nitrogens with zero attached hydrogens (tertiary/aromatic N) is 3. The smallest absolute Gasteiger partial charge is 0.242 e. The summed E-state index contributed by atoms with van der Waals surface area (Å²) in [7, 11) is 0. The van der Waals surface area contributed by atoms with Gasteiger partial charge in [0.05, 0.1) is 0 Å². The maximum atomic E-state index is 12.6. The molecule has 0 unspecified atom stereocenters. The Balaban J connectivity index is 1.65. The highest BCUT2D eigenvalue weighted by atomic mass is 16.2. The summed E-state index contributed by atoms with van der Waals surface area (Å²) in [4.78, 5) is 30.7. The molecule has 1 aromatic rings. The van der Waals surface area contributed by atoms with Crippen molar-refractivity contribution in [1.82, 2.24) is 4.90 Å². The zero-order valence-corrected chi connectivity index (χ0v) is 16.1. The van der Waals surface area contributed by atoms with Crippen molar-refractivity contribution in [2.75, 3.05) is 42.5 Å². The van der Waals surface area contributed by atoms with Crippen molar-refractivity contribution in [3.05, 3.63) is 24.3 Å². The molecule has 5 nitrogen and oxygen atoms in total. The molecule has 0 aromatic heterocycles. The van der Waals surface area contributed by atoms with Crippen molar-refractivity contribution in [3.8, 4) is 0 Å². The molecule has 0 radical (unpaired) electrons. The van der Waals surface area contributed by atoms with E-state index in [1.807, 2.05) is 17.0 Å². The number of carbonyl (C=O) groups excluding carboxylic acids is 2. The van der Waals surface area contributed by atoms with E-state index in [1.165, 1.54) is 31.9 Å². The lowest BCUT2D eigenvalue weighted by Crippen LogP contribution is -2.45. The number of rotatable bonds is 4. The minimum absolute atomic E-state index is 0.0483. The quantitative estimate of drug-likeness (QED) is 0.830. The van der Waals surface area contributed by atoms with Gasteiger partial charge in [0.1, 0.15) is 6.54 Å². The maximum Gasteiger partial charge on any atom is 0.242 e. The second-order valence-electron chi connectivity index (χ2n) is 7.73. The van der Waals surface area contributed by atoms with Crippen LogP contribution in [-0.2, 0) is 9.59 Å². The Hall–Kier alpha value is -2.04. The lowest BCUT2D eigenvalue weighted by Gasteiger charge is -2.32. The molecule has 2 amide bonds. The summed E-state index contributed by atoms with van der Waals surface area (Å²) in [6.45, 7) is 7.70. The number of carbonyl (C=O) groups is 2. The monoisotopic (exact) mass is 357 g/mol. The number of amides is 2. The van der Waals surface area contributed by atoms with E-state index < -0.39 is 0 Å². The summed E-state index contributed by atoms with van der Waals surface area (Å²) < 4.78 is 0. The molecule has 2 saturated heterocycles. The van der Waals surface area contributed by atoms with Gasteiger partial charge in [0.2, 0.25) is 11.8 Å². The summed E-state index contributed by atoms with van der Waals surface area (Å²) in [6.07, 6.45) is 5.89. The molecular weight excluding hydrogens is 326 g/mol. The van der Waals surface area contributed by atoms with E-state index in [4.69, 9.17) is 0 Å². The van der Waals surface area contributed by atoms with E-state index >= 15 is 0 Å². The van der Waals surface area contributed by atoms with Crippen molar-refractivity contribution >= 4 is 23.2 Å². The van der Waals surface area contributed by atoms with Gasteiger partial charge in [0.25, 0.3) is 0 Å². The fraction of sp³-hybridized carbons (Fsp3) is 0.619. The van der Waals surface area contributed by atoms with E-state index in [-0.39, 0.29) is 18.4 Å². The first-order valence-electron chi connectivity index (χ1n) is 9.95. The van der Waals surface area contributed by atoms with Crippen LogP contribution in [-0.4, -0.2) is 49.4 Å². The van der Waals surface area contributed by atoms with Gasteiger partial charge in [-0.15, -0.1) is 0 Å². The molecule has 0 spiro atoms. The third kappa shape index (κ3) is 4.57. The van der Waals surface area contributed by atoms with Gasteiger partial charge in [0.15, 0.2) is 0 Å². The Labute approximate surface area is 156 Å². The number of piperidine rings is 2. The number of benzene rings is 1. The zero-order chi connectivity index (χ0) is 18.5. The van der Waals surface area contributed by atoms with E-state index in [9.17, 15) is 9.59 Å². The van der Waals surface area contributed by atoms with Crippen molar-refractivity contribution in [3.63, 3.8) is 0 Å². The number of likely N-dealkylation sites (tertiary alicyclic amines) is 1. The summed E-state index contributed by atoms with van der Waals surface area (Å²) in [5, 5.41) is 0. The van der Waals surface area contributed by atoms with Crippen LogP contribution >= 0.6 is 0 Å². The summed E-state index contributed by atoms with van der Waals surface area (Å²) in [6, 6.07) is 8.08. The van der Waals surface area contributed by atoms with Gasteiger partial charge in [-0.1, -0.05) is 6.92 Å². The van der Waals surface area contributed by atoms with Gasteiger partial charge in [0, 0.05) is 44.5 Å². The van der Waals surface area contributed by atoms with Gasteiger partial charge < -0.3 is 14.7 Å². The lowest BCUT2D eigenvalue weighted by molar-refractivity contribution is -0.132. The molecule has 0 saturated carbocycles. The fourth-order valence-corrected chi connectivity index (χ4v) is 3.87. The highest BCUT2D eigenvalue weighted by molar-refractivity contribution is 5.97. The Morgan fingerprint density at radius 1 is 1.00 bits per heavy atom. The molecule has 0 atom stereocenters. The van der Waals surface area contributed by atoms with E-state index in [2.05, 4.69) is 24.0 Å². The first-order chi connectivity index (χ1) is 12.5. The first-order valence-corrected chi connectivity index (χ1v) is 9.95. The van der Waals surface area contributed by atoms with Gasteiger partial charge in [-0.3, -0.25) is 9.59 Å². The molecule has 0 bridgehead atoms. The lowest BCUT2D eigenvalue weighted by atomic mass is 9.99. The largest absolute Gasteiger partial charge is 0.372 e. The maximum absolute atomic E-state index is 12.6. The van der Waals surface area contributed by atoms with Crippen molar-refractivity contribution < 1.29 is 9.59 Å². The number of hydrogen-bond acceptors (Lipinski definition) is 3. The van der Waals surface area contributed by atoms with E-state index in [0.717, 1.165) is 44.7 Å². The fourth-order valence-electron chi connectivity index (χ4n) is 3.87. The van der Waals surface area contributed by atoms with Crippen LogP contribution in [0.3, 0.4) is 0 Å². The third-order valence-corrected chi connectivity index (χ3v) is 5.69. The minimum Gasteiger partial charge on any atom is -0.372 e. The number of anilines is 2. The second kappa shape index (κ2) is 8.56.